The third-order valence-electron chi connectivity index (χ3n) is 5.92. The molecule has 0 aliphatic carbocycles. The summed E-state index contributed by atoms with van der Waals surface area (Å²) >= 11 is 0. The van der Waals surface area contributed by atoms with Gasteiger partial charge in [-0.2, -0.15) is 0 Å². The van der Waals surface area contributed by atoms with Crippen molar-refractivity contribution in [3.8, 4) is 34.1 Å². The molecule has 230 valence electrons. The number of esters is 4. The molecule has 0 aliphatic heterocycles. The van der Waals surface area contributed by atoms with Gasteiger partial charge in [-0.1, -0.05) is 56.7 Å². The maximum atomic E-state index is 16.4. The standard InChI is InChI=1S/C36H31FO8/c1-20(2)33(38)42-26-14-9-24(10-15-26)11-18-28-30(44-35(40)22(5)6)19-29(32(31(28)37)45-36(41)23(7)8)25-12-16-27(17-13-25)43-34(39)21(3)4/h9-19H,1,3,5,7H2,2,4,6,8H3/b18-11+. The van der Waals surface area contributed by atoms with Crippen molar-refractivity contribution in [3.05, 3.63) is 120 Å². The maximum absolute atomic E-state index is 16.4. The summed E-state index contributed by atoms with van der Waals surface area (Å²) in [5.41, 5.74) is 1.29. The molecule has 0 atom stereocenters. The van der Waals surface area contributed by atoms with Gasteiger partial charge in [0.05, 0.1) is 5.56 Å². The normalized spacial score (nSPS) is 10.5. The third kappa shape index (κ3) is 8.84. The molecule has 0 heterocycles. The molecule has 45 heavy (non-hydrogen) atoms. The predicted molar refractivity (Wildman–Crippen MR) is 169 cm³/mol. The van der Waals surface area contributed by atoms with E-state index in [0.717, 1.165) is 0 Å². The van der Waals surface area contributed by atoms with Crippen LogP contribution in [0.2, 0.25) is 0 Å². The van der Waals surface area contributed by atoms with Crippen LogP contribution in [0, 0.1) is 5.82 Å². The van der Waals surface area contributed by atoms with E-state index in [1.54, 1.807) is 24.3 Å². The SMILES string of the molecule is C=C(C)C(=O)Oc1ccc(/C=C/c2c(OC(=O)C(=C)C)cc(-c3ccc(OC(=O)C(=C)C)cc3)c(OC(=O)C(=C)C)c2F)cc1. The van der Waals surface area contributed by atoms with Crippen molar-refractivity contribution in [1.29, 1.82) is 0 Å². The highest BCUT2D eigenvalue weighted by molar-refractivity contribution is 5.93. The zero-order valence-electron chi connectivity index (χ0n) is 25.3. The van der Waals surface area contributed by atoms with Crippen molar-refractivity contribution in [2.24, 2.45) is 0 Å². The van der Waals surface area contributed by atoms with Crippen LogP contribution in [0.5, 0.6) is 23.0 Å². The fourth-order valence-electron chi connectivity index (χ4n) is 3.46. The van der Waals surface area contributed by atoms with Crippen LogP contribution in [0.25, 0.3) is 23.3 Å². The lowest BCUT2D eigenvalue weighted by Crippen LogP contribution is -2.13. The Hall–Kier alpha value is -5.83. The van der Waals surface area contributed by atoms with Crippen LogP contribution in [0.4, 0.5) is 4.39 Å². The fraction of sp³-hybridized carbons (Fsp3) is 0.111. The molecule has 0 unspecified atom stereocenters. The van der Waals surface area contributed by atoms with Crippen LogP contribution in [0.1, 0.15) is 38.8 Å². The molecule has 0 radical (unpaired) electrons. The molecule has 0 saturated heterocycles. The lowest BCUT2D eigenvalue weighted by molar-refractivity contribution is -0.131. The van der Waals surface area contributed by atoms with E-state index in [1.807, 2.05) is 0 Å². The Balaban J connectivity index is 2.15. The highest BCUT2D eigenvalue weighted by Gasteiger charge is 2.24. The molecule has 0 amide bonds. The lowest BCUT2D eigenvalue weighted by atomic mass is 9.99. The van der Waals surface area contributed by atoms with Gasteiger partial charge >= 0.3 is 23.9 Å². The van der Waals surface area contributed by atoms with Gasteiger partial charge in [0, 0.05) is 27.9 Å². The van der Waals surface area contributed by atoms with E-state index >= 15 is 4.39 Å². The average molecular weight is 611 g/mol. The van der Waals surface area contributed by atoms with Gasteiger partial charge in [-0.25, -0.2) is 23.6 Å². The number of carbonyl (C=O) groups excluding carboxylic acids is 4. The first kappa shape index (κ1) is 33.7. The second-order valence-electron chi connectivity index (χ2n) is 10.1. The summed E-state index contributed by atoms with van der Waals surface area (Å²) in [6, 6.07) is 13.6. The van der Waals surface area contributed by atoms with Gasteiger partial charge in [0.2, 0.25) is 0 Å². The molecule has 3 rings (SSSR count). The molecule has 3 aromatic carbocycles. The summed E-state index contributed by atoms with van der Waals surface area (Å²) in [5.74, 6) is -4.08. The first-order chi connectivity index (χ1) is 21.2. The number of hydrogen-bond acceptors (Lipinski definition) is 8. The molecule has 0 saturated carbocycles. The minimum atomic E-state index is -1.01. The second kappa shape index (κ2) is 14.6. The molecule has 0 bridgehead atoms. The summed E-state index contributed by atoms with van der Waals surface area (Å²) in [6.45, 7) is 20.1. The number of ether oxygens (including phenoxy) is 4. The summed E-state index contributed by atoms with van der Waals surface area (Å²) in [4.78, 5) is 48.8. The molecule has 0 N–H and O–H groups in total. The molecule has 0 fully saturated rings. The van der Waals surface area contributed by atoms with E-state index in [9.17, 15) is 19.2 Å². The Bertz CT molecular complexity index is 1760. The number of rotatable bonds is 11. The third-order valence-corrected chi connectivity index (χ3v) is 5.92. The summed E-state index contributed by atoms with van der Waals surface area (Å²) in [7, 11) is 0. The average Bonchev–Trinajstić information content (AvgIpc) is 2.98. The van der Waals surface area contributed by atoms with Crippen LogP contribution >= 0.6 is 0 Å². The molecule has 8 nitrogen and oxygen atoms in total. The Morgan fingerprint density at radius 2 is 1.02 bits per heavy atom. The Labute approximate surface area is 260 Å². The van der Waals surface area contributed by atoms with Crippen molar-refractivity contribution in [2.45, 2.75) is 27.7 Å². The minimum absolute atomic E-state index is 0.0183. The van der Waals surface area contributed by atoms with E-state index in [0.29, 0.717) is 11.1 Å². The monoisotopic (exact) mass is 610 g/mol. The van der Waals surface area contributed by atoms with Gasteiger partial charge in [-0.05, 0) is 75.2 Å². The number of benzene rings is 3. The van der Waals surface area contributed by atoms with Gasteiger partial charge in [0.15, 0.2) is 11.6 Å². The van der Waals surface area contributed by atoms with Gasteiger partial charge in [-0.3, -0.25) is 0 Å². The summed E-state index contributed by atoms with van der Waals surface area (Å²) in [5, 5.41) is 0. The lowest BCUT2D eigenvalue weighted by Gasteiger charge is -2.17. The van der Waals surface area contributed by atoms with Crippen molar-refractivity contribution >= 4 is 36.0 Å². The van der Waals surface area contributed by atoms with Crippen LogP contribution in [0.15, 0.2) is 103 Å². The Kier molecular flexibility index (Phi) is 10.9. The van der Waals surface area contributed by atoms with E-state index in [4.69, 9.17) is 18.9 Å². The maximum Gasteiger partial charge on any atom is 0.338 e. The number of carbonyl (C=O) groups is 4. The van der Waals surface area contributed by atoms with Crippen LogP contribution in [-0.2, 0) is 19.2 Å². The van der Waals surface area contributed by atoms with Gasteiger partial charge in [-0.15, -0.1) is 0 Å². The van der Waals surface area contributed by atoms with Crippen LogP contribution < -0.4 is 18.9 Å². The van der Waals surface area contributed by atoms with E-state index in [-0.39, 0.29) is 50.7 Å². The molecular formula is C36H31FO8. The quantitative estimate of drug-likeness (QED) is 0.0947. The van der Waals surface area contributed by atoms with Crippen molar-refractivity contribution in [3.63, 3.8) is 0 Å². The second-order valence-corrected chi connectivity index (χ2v) is 10.1. The summed E-state index contributed by atoms with van der Waals surface area (Å²) in [6.07, 6.45) is 2.86. The van der Waals surface area contributed by atoms with E-state index < -0.39 is 35.4 Å². The minimum Gasteiger partial charge on any atom is -0.423 e. The Morgan fingerprint density at radius 3 is 1.49 bits per heavy atom. The zero-order valence-corrected chi connectivity index (χ0v) is 25.3. The topological polar surface area (TPSA) is 105 Å². The van der Waals surface area contributed by atoms with Crippen molar-refractivity contribution in [1.82, 2.24) is 0 Å². The van der Waals surface area contributed by atoms with Crippen LogP contribution in [-0.4, -0.2) is 23.9 Å². The number of hydrogen-bond donors (Lipinski definition) is 0. The van der Waals surface area contributed by atoms with Crippen LogP contribution in [0.3, 0.4) is 0 Å². The first-order valence-electron chi connectivity index (χ1n) is 13.4. The smallest absolute Gasteiger partial charge is 0.338 e. The van der Waals surface area contributed by atoms with Gasteiger partial charge in [0.25, 0.3) is 0 Å². The predicted octanol–water partition coefficient (Wildman–Crippen LogP) is 7.59. The first-order valence-corrected chi connectivity index (χ1v) is 13.4. The van der Waals surface area contributed by atoms with Crippen molar-refractivity contribution in [2.75, 3.05) is 0 Å². The van der Waals surface area contributed by atoms with Gasteiger partial charge < -0.3 is 18.9 Å². The molecule has 0 aromatic heterocycles. The molecule has 0 spiro atoms. The van der Waals surface area contributed by atoms with E-state index in [1.165, 1.54) is 70.2 Å². The highest BCUT2D eigenvalue weighted by atomic mass is 19.1. The Morgan fingerprint density at radius 1 is 0.600 bits per heavy atom. The fourth-order valence-corrected chi connectivity index (χ4v) is 3.46. The van der Waals surface area contributed by atoms with Gasteiger partial charge in [0.1, 0.15) is 17.2 Å². The highest BCUT2D eigenvalue weighted by Crippen LogP contribution is 2.41. The molecule has 0 aliphatic rings. The largest absolute Gasteiger partial charge is 0.423 e. The zero-order chi connectivity index (χ0) is 33.4. The van der Waals surface area contributed by atoms with E-state index in [2.05, 4.69) is 26.3 Å². The molecule has 3 aromatic rings. The molecule has 9 heteroatoms. The van der Waals surface area contributed by atoms with Crippen molar-refractivity contribution < 1.29 is 42.5 Å². The summed E-state index contributed by atoms with van der Waals surface area (Å²) < 4.78 is 37.7. The molecular weight excluding hydrogens is 579 g/mol. The number of halogens is 1.